The Morgan fingerprint density at radius 3 is 2.47 bits per heavy atom. The number of nitrogen functional groups attached to an aromatic ring is 1. The molecule has 0 spiro atoms. The molecule has 0 atom stereocenters. The van der Waals surface area contributed by atoms with E-state index in [0.29, 0.717) is 18.7 Å². The van der Waals surface area contributed by atoms with Gasteiger partial charge in [-0.15, -0.1) is 0 Å². The molecule has 5 heteroatoms. The minimum atomic E-state index is -0.0256. The van der Waals surface area contributed by atoms with Crippen LogP contribution >= 0.6 is 0 Å². The van der Waals surface area contributed by atoms with E-state index >= 15 is 0 Å². The van der Waals surface area contributed by atoms with Crippen molar-refractivity contribution in [1.82, 2.24) is 9.97 Å². The molecule has 1 aliphatic carbocycles. The van der Waals surface area contributed by atoms with Crippen molar-refractivity contribution in [3.63, 3.8) is 0 Å². The van der Waals surface area contributed by atoms with Gasteiger partial charge in [-0.3, -0.25) is 4.79 Å². The van der Waals surface area contributed by atoms with Crippen LogP contribution in [-0.4, -0.2) is 15.9 Å². The summed E-state index contributed by atoms with van der Waals surface area (Å²) in [4.78, 5) is 22.2. The second kappa shape index (κ2) is 10.9. The molecular formula is C27H32N4O. The van der Waals surface area contributed by atoms with E-state index in [1.165, 1.54) is 32.1 Å². The first-order valence-corrected chi connectivity index (χ1v) is 11.7. The van der Waals surface area contributed by atoms with E-state index in [1.54, 1.807) is 6.20 Å². The predicted octanol–water partition coefficient (Wildman–Crippen LogP) is 5.81. The lowest BCUT2D eigenvalue weighted by Crippen LogP contribution is -2.16. The maximum absolute atomic E-state index is 12.6. The van der Waals surface area contributed by atoms with Crippen LogP contribution in [0.4, 0.5) is 11.5 Å². The van der Waals surface area contributed by atoms with Gasteiger partial charge in [0.25, 0.3) is 0 Å². The summed E-state index contributed by atoms with van der Waals surface area (Å²) in [5, 5.41) is 3.02. The number of nitrogens with one attached hydrogen (secondary N) is 1. The number of amides is 1. The van der Waals surface area contributed by atoms with E-state index < -0.39 is 0 Å². The molecule has 3 aromatic rings. The van der Waals surface area contributed by atoms with Crippen molar-refractivity contribution in [3.05, 3.63) is 72.1 Å². The molecule has 0 unspecified atom stereocenters. The fraction of sp³-hybridized carbons (Fsp3) is 0.370. The van der Waals surface area contributed by atoms with E-state index in [1.807, 2.05) is 54.6 Å². The quantitative estimate of drug-likeness (QED) is 0.444. The SMILES string of the molecule is Nc1ccc(-c2cnc(NC(=O)CCc3ccccc3)c(CCC3CCCCC3)n2)cc1. The number of nitrogens with zero attached hydrogens (tertiary/aromatic N) is 2. The maximum atomic E-state index is 12.6. The molecule has 32 heavy (non-hydrogen) atoms. The highest BCUT2D eigenvalue weighted by Crippen LogP contribution is 2.29. The van der Waals surface area contributed by atoms with Crippen LogP contribution in [0.5, 0.6) is 0 Å². The van der Waals surface area contributed by atoms with E-state index in [9.17, 15) is 4.79 Å². The molecule has 0 saturated heterocycles. The molecule has 1 aliphatic rings. The molecule has 0 bridgehead atoms. The Morgan fingerprint density at radius 1 is 0.969 bits per heavy atom. The predicted molar refractivity (Wildman–Crippen MR) is 130 cm³/mol. The standard InChI is InChI=1S/C27H32N4O/c28-23-15-13-22(14-16-23)25-19-29-27(24(30-25)17-11-20-7-3-1-4-8-20)31-26(32)18-12-21-9-5-2-6-10-21/h2,5-6,9-10,13-16,19-20H,1,3-4,7-8,11-12,17-18,28H2,(H,29,31,32). The normalized spacial score (nSPS) is 14.2. The van der Waals surface area contributed by atoms with E-state index in [0.717, 1.165) is 47.0 Å². The number of hydrogen-bond acceptors (Lipinski definition) is 4. The lowest BCUT2D eigenvalue weighted by atomic mass is 9.86. The molecule has 1 amide bonds. The van der Waals surface area contributed by atoms with Crippen LogP contribution < -0.4 is 11.1 Å². The average molecular weight is 429 g/mol. The number of carbonyl (C=O) groups excluding carboxylic acids is 1. The Hall–Kier alpha value is -3.21. The summed E-state index contributed by atoms with van der Waals surface area (Å²) in [5.74, 6) is 1.31. The largest absolute Gasteiger partial charge is 0.399 e. The minimum absolute atomic E-state index is 0.0256. The number of rotatable bonds is 8. The topological polar surface area (TPSA) is 80.9 Å². The molecule has 1 fully saturated rings. The lowest BCUT2D eigenvalue weighted by Gasteiger charge is -2.21. The first-order chi connectivity index (χ1) is 15.7. The lowest BCUT2D eigenvalue weighted by molar-refractivity contribution is -0.116. The molecule has 3 N–H and O–H groups in total. The van der Waals surface area contributed by atoms with Crippen LogP contribution in [-0.2, 0) is 17.6 Å². The Bertz CT molecular complexity index is 1010. The van der Waals surface area contributed by atoms with Crippen molar-refractivity contribution in [2.75, 3.05) is 11.1 Å². The zero-order chi connectivity index (χ0) is 22.2. The Morgan fingerprint density at radius 2 is 1.72 bits per heavy atom. The molecule has 0 radical (unpaired) electrons. The third kappa shape index (κ3) is 6.16. The van der Waals surface area contributed by atoms with Gasteiger partial charge in [-0.05, 0) is 42.9 Å². The van der Waals surface area contributed by atoms with Gasteiger partial charge in [0.15, 0.2) is 5.82 Å². The summed E-state index contributed by atoms with van der Waals surface area (Å²) in [6.07, 6.45) is 11.4. The van der Waals surface area contributed by atoms with Crippen molar-refractivity contribution in [2.45, 2.75) is 57.8 Å². The van der Waals surface area contributed by atoms with Gasteiger partial charge < -0.3 is 11.1 Å². The summed E-state index contributed by atoms with van der Waals surface area (Å²) < 4.78 is 0. The first-order valence-electron chi connectivity index (χ1n) is 11.7. The smallest absolute Gasteiger partial charge is 0.225 e. The van der Waals surface area contributed by atoms with Crippen molar-refractivity contribution in [1.29, 1.82) is 0 Å². The second-order valence-corrected chi connectivity index (χ2v) is 8.75. The third-order valence-corrected chi connectivity index (χ3v) is 6.31. The molecule has 5 nitrogen and oxygen atoms in total. The number of aryl methyl sites for hydroxylation is 2. The van der Waals surface area contributed by atoms with Crippen LogP contribution in [0.25, 0.3) is 11.3 Å². The summed E-state index contributed by atoms with van der Waals surface area (Å²) in [5.41, 5.74) is 10.4. The molecule has 0 aliphatic heterocycles. The fourth-order valence-corrected chi connectivity index (χ4v) is 4.41. The Labute approximate surface area is 190 Å². The van der Waals surface area contributed by atoms with Gasteiger partial charge in [0.1, 0.15) is 0 Å². The van der Waals surface area contributed by atoms with Gasteiger partial charge in [0, 0.05) is 17.7 Å². The van der Waals surface area contributed by atoms with Crippen molar-refractivity contribution < 1.29 is 4.79 Å². The molecule has 166 valence electrons. The summed E-state index contributed by atoms with van der Waals surface area (Å²) >= 11 is 0. The monoisotopic (exact) mass is 428 g/mol. The van der Waals surface area contributed by atoms with Crippen LogP contribution in [0.2, 0.25) is 0 Å². The number of nitrogens with two attached hydrogens (primary N) is 1. The van der Waals surface area contributed by atoms with Gasteiger partial charge in [-0.25, -0.2) is 9.97 Å². The summed E-state index contributed by atoms with van der Waals surface area (Å²) in [6, 6.07) is 17.7. The van der Waals surface area contributed by atoms with Crippen molar-refractivity contribution >= 4 is 17.4 Å². The Balaban J connectivity index is 1.48. The van der Waals surface area contributed by atoms with Crippen LogP contribution in [0.1, 0.15) is 56.2 Å². The number of hydrogen-bond donors (Lipinski definition) is 2. The molecule has 1 heterocycles. The number of benzene rings is 2. The van der Waals surface area contributed by atoms with Gasteiger partial charge in [-0.1, -0.05) is 74.6 Å². The van der Waals surface area contributed by atoms with Crippen LogP contribution in [0.15, 0.2) is 60.8 Å². The van der Waals surface area contributed by atoms with Crippen molar-refractivity contribution in [2.24, 2.45) is 5.92 Å². The zero-order valence-corrected chi connectivity index (χ0v) is 18.6. The zero-order valence-electron chi connectivity index (χ0n) is 18.6. The van der Waals surface area contributed by atoms with E-state index in [4.69, 9.17) is 10.7 Å². The molecule has 2 aromatic carbocycles. The highest BCUT2D eigenvalue weighted by atomic mass is 16.1. The maximum Gasteiger partial charge on any atom is 0.225 e. The van der Waals surface area contributed by atoms with Gasteiger partial charge in [0.05, 0.1) is 17.6 Å². The first kappa shape index (κ1) is 22.0. The van der Waals surface area contributed by atoms with Gasteiger partial charge >= 0.3 is 0 Å². The Kier molecular flexibility index (Phi) is 7.49. The van der Waals surface area contributed by atoms with Gasteiger partial charge in [0.2, 0.25) is 5.91 Å². The second-order valence-electron chi connectivity index (χ2n) is 8.75. The molecular weight excluding hydrogens is 396 g/mol. The number of anilines is 2. The highest BCUT2D eigenvalue weighted by Gasteiger charge is 2.17. The van der Waals surface area contributed by atoms with E-state index in [-0.39, 0.29) is 5.91 Å². The number of aromatic nitrogens is 2. The molecule has 4 rings (SSSR count). The van der Waals surface area contributed by atoms with Crippen LogP contribution in [0, 0.1) is 5.92 Å². The van der Waals surface area contributed by atoms with Crippen molar-refractivity contribution in [3.8, 4) is 11.3 Å². The summed E-state index contributed by atoms with van der Waals surface area (Å²) in [6.45, 7) is 0. The molecule has 1 saturated carbocycles. The van der Waals surface area contributed by atoms with Crippen LogP contribution in [0.3, 0.4) is 0 Å². The number of carbonyl (C=O) groups is 1. The third-order valence-electron chi connectivity index (χ3n) is 6.31. The summed E-state index contributed by atoms with van der Waals surface area (Å²) in [7, 11) is 0. The highest BCUT2D eigenvalue weighted by molar-refractivity contribution is 5.90. The molecule has 1 aromatic heterocycles. The fourth-order valence-electron chi connectivity index (χ4n) is 4.41. The van der Waals surface area contributed by atoms with E-state index in [2.05, 4.69) is 10.3 Å². The average Bonchev–Trinajstić information content (AvgIpc) is 2.84. The van der Waals surface area contributed by atoms with Gasteiger partial charge in [-0.2, -0.15) is 0 Å². The minimum Gasteiger partial charge on any atom is -0.399 e.